The second-order valence-electron chi connectivity index (χ2n) is 13.5. The number of aromatic nitrogens is 3. The number of aryl methyl sites for hydroxylation is 1. The Balaban J connectivity index is 1.31. The Morgan fingerprint density at radius 2 is 2.05 bits per heavy atom. The second kappa shape index (κ2) is 10.5. The summed E-state index contributed by atoms with van der Waals surface area (Å²) in [4.78, 5) is 19.2. The first-order chi connectivity index (χ1) is 21.3. The Hall–Kier alpha value is -3.50. The van der Waals surface area contributed by atoms with Crippen molar-refractivity contribution in [2.24, 2.45) is 0 Å². The van der Waals surface area contributed by atoms with Crippen molar-refractivity contribution in [1.82, 2.24) is 19.9 Å². The molecule has 4 atom stereocenters. The first-order valence-electron chi connectivity index (χ1n) is 16.1. The van der Waals surface area contributed by atoms with Crippen LogP contribution in [0.2, 0.25) is 0 Å². The first-order valence-corrected chi connectivity index (χ1v) is 16.1. The molecular formula is C34H40FN5O4. The van der Waals surface area contributed by atoms with E-state index in [-0.39, 0.29) is 46.5 Å². The van der Waals surface area contributed by atoms with Crippen LogP contribution in [0, 0.1) is 5.82 Å². The third kappa shape index (κ3) is 4.43. The molecule has 0 unspecified atom stereocenters. The number of phenols is 1. The van der Waals surface area contributed by atoms with Gasteiger partial charge in [-0.2, -0.15) is 9.97 Å². The predicted octanol–water partition coefficient (Wildman–Crippen LogP) is 5.53. The summed E-state index contributed by atoms with van der Waals surface area (Å²) in [6, 6.07) is 3.53. The van der Waals surface area contributed by atoms with E-state index in [1.165, 1.54) is 5.57 Å². The molecule has 0 saturated carbocycles. The van der Waals surface area contributed by atoms with Crippen molar-refractivity contribution >= 4 is 16.7 Å². The molecule has 6 heterocycles. The van der Waals surface area contributed by atoms with Gasteiger partial charge in [0.2, 0.25) is 5.88 Å². The van der Waals surface area contributed by atoms with Gasteiger partial charge in [0.05, 0.1) is 18.2 Å². The average molecular weight is 602 g/mol. The lowest BCUT2D eigenvalue weighted by molar-refractivity contribution is 0.108. The topological polar surface area (TPSA) is 93.1 Å². The molecule has 5 aliphatic rings. The van der Waals surface area contributed by atoms with Gasteiger partial charge >= 0.3 is 6.01 Å². The van der Waals surface area contributed by atoms with Crippen molar-refractivity contribution in [3.63, 3.8) is 0 Å². The summed E-state index contributed by atoms with van der Waals surface area (Å²) in [5.41, 5.74) is 4.02. The van der Waals surface area contributed by atoms with Gasteiger partial charge in [-0.05, 0) is 87.6 Å². The Labute approximate surface area is 257 Å². The van der Waals surface area contributed by atoms with Gasteiger partial charge in [0.25, 0.3) is 0 Å². The Kier molecular flexibility index (Phi) is 6.71. The number of fused-ring (bicyclic) bond motifs is 4. The number of halogens is 1. The van der Waals surface area contributed by atoms with Crippen LogP contribution in [0.4, 0.5) is 10.2 Å². The fourth-order valence-corrected chi connectivity index (χ4v) is 8.45. The molecule has 9 nitrogen and oxygen atoms in total. The van der Waals surface area contributed by atoms with Crippen LogP contribution in [0.1, 0.15) is 69.4 Å². The van der Waals surface area contributed by atoms with Crippen LogP contribution in [0.3, 0.4) is 0 Å². The van der Waals surface area contributed by atoms with E-state index in [0.717, 1.165) is 69.2 Å². The van der Waals surface area contributed by atoms with E-state index < -0.39 is 5.82 Å². The molecule has 44 heavy (non-hydrogen) atoms. The fraction of sp³-hybridized carbons (Fsp3) is 0.559. The van der Waals surface area contributed by atoms with Gasteiger partial charge in [-0.1, -0.05) is 19.1 Å². The molecule has 0 amide bonds. The lowest BCUT2D eigenvalue weighted by Gasteiger charge is -2.34. The summed E-state index contributed by atoms with van der Waals surface area (Å²) < 4.78 is 35.8. The fourth-order valence-electron chi connectivity index (χ4n) is 8.45. The maximum Gasteiger partial charge on any atom is 0.319 e. The van der Waals surface area contributed by atoms with Crippen molar-refractivity contribution in [3.8, 4) is 28.9 Å². The molecule has 232 valence electrons. The third-order valence-corrected chi connectivity index (χ3v) is 10.5. The number of aromatic hydroxyl groups is 1. The minimum Gasteiger partial charge on any atom is -0.508 e. The number of ether oxygens (including phenoxy) is 3. The summed E-state index contributed by atoms with van der Waals surface area (Å²) in [7, 11) is 0. The lowest BCUT2D eigenvalue weighted by Crippen LogP contribution is -2.46. The molecule has 1 N–H and O–H groups in total. The second-order valence-corrected chi connectivity index (χ2v) is 13.5. The molecule has 8 rings (SSSR count). The minimum atomic E-state index is -0.557. The van der Waals surface area contributed by atoms with Crippen LogP contribution < -0.4 is 14.4 Å². The largest absolute Gasteiger partial charge is 0.508 e. The number of hydrogen-bond donors (Lipinski definition) is 1. The highest BCUT2D eigenvalue weighted by Crippen LogP contribution is 2.46. The van der Waals surface area contributed by atoms with E-state index in [1.54, 1.807) is 12.1 Å². The van der Waals surface area contributed by atoms with Crippen LogP contribution in [-0.4, -0.2) is 82.1 Å². The normalized spacial score (nSPS) is 28.2. The van der Waals surface area contributed by atoms with Gasteiger partial charge in [0.15, 0.2) is 5.82 Å². The summed E-state index contributed by atoms with van der Waals surface area (Å²) in [6.07, 6.45) is 6.68. The molecule has 3 saturated heterocycles. The maximum atomic E-state index is 17.0. The summed E-state index contributed by atoms with van der Waals surface area (Å²) >= 11 is 0. The smallest absolute Gasteiger partial charge is 0.319 e. The van der Waals surface area contributed by atoms with E-state index in [9.17, 15) is 5.11 Å². The van der Waals surface area contributed by atoms with E-state index in [2.05, 4.69) is 30.2 Å². The number of nitrogens with zero attached hydrogens (tertiary/aromatic N) is 5. The molecule has 0 spiro atoms. The zero-order valence-electron chi connectivity index (χ0n) is 25.6. The molecule has 0 bridgehead atoms. The molecule has 4 aliphatic heterocycles. The molecule has 10 heteroatoms. The standard InChI is InChI=1S/C34H40FN5O4/c1-19-14-34(9-5-10-39(34)15-19)18-44-33-37-30-27-31(38-33)40-21(3)8-11-42-16-23(40)17-43-32(27)36-29(28(30)35)25-13-24(41)12-22-7-4-6-20(2)26(22)25/h12-13,20-21,23,41H,1,4-11,14-18H2,2-3H3/t20-,21+,23+,34+/m1/s1. The van der Waals surface area contributed by atoms with Gasteiger partial charge < -0.3 is 24.2 Å². The van der Waals surface area contributed by atoms with E-state index in [1.807, 2.05) is 0 Å². The average Bonchev–Trinajstić information content (AvgIpc) is 3.39. The van der Waals surface area contributed by atoms with Crippen LogP contribution in [0.5, 0.6) is 17.6 Å². The van der Waals surface area contributed by atoms with Gasteiger partial charge in [-0.15, -0.1) is 0 Å². The Morgan fingerprint density at radius 1 is 1.16 bits per heavy atom. The summed E-state index contributed by atoms with van der Waals surface area (Å²) in [5.74, 6) is 0.620. The van der Waals surface area contributed by atoms with Crippen molar-refractivity contribution in [2.75, 3.05) is 44.4 Å². The van der Waals surface area contributed by atoms with E-state index in [4.69, 9.17) is 29.2 Å². The van der Waals surface area contributed by atoms with Crippen LogP contribution in [0.25, 0.3) is 22.2 Å². The summed E-state index contributed by atoms with van der Waals surface area (Å²) in [6.45, 7) is 12.3. The van der Waals surface area contributed by atoms with Crippen molar-refractivity contribution in [1.29, 1.82) is 0 Å². The van der Waals surface area contributed by atoms with Gasteiger partial charge in [0.1, 0.15) is 41.4 Å². The zero-order chi connectivity index (χ0) is 30.2. The lowest BCUT2D eigenvalue weighted by atomic mass is 9.80. The molecular weight excluding hydrogens is 561 g/mol. The SMILES string of the molecule is C=C1CN2CCC[C@@]2(COc2nc3c4c(nc(-c5cc(O)cc6c5[C@H](C)CCC6)c(F)c4n2)OC[C@@H]2COCC[C@H](C)N32)C1. The highest BCUT2D eigenvalue weighted by atomic mass is 19.1. The predicted molar refractivity (Wildman–Crippen MR) is 165 cm³/mol. The van der Waals surface area contributed by atoms with Gasteiger partial charge in [-0.3, -0.25) is 4.90 Å². The van der Waals surface area contributed by atoms with Crippen molar-refractivity contribution in [3.05, 3.63) is 41.2 Å². The number of rotatable bonds is 4. The molecule has 1 aliphatic carbocycles. The third-order valence-electron chi connectivity index (χ3n) is 10.5. The quantitative estimate of drug-likeness (QED) is 0.388. The van der Waals surface area contributed by atoms with Crippen LogP contribution >= 0.6 is 0 Å². The highest BCUT2D eigenvalue weighted by Gasteiger charge is 2.47. The molecule has 3 fully saturated rings. The molecule has 3 aromatic rings. The van der Waals surface area contributed by atoms with Crippen LogP contribution in [-0.2, 0) is 11.2 Å². The Morgan fingerprint density at radius 3 is 2.93 bits per heavy atom. The summed E-state index contributed by atoms with van der Waals surface area (Å²) in [5, 5.41) is 11.1. The number of anilines is 1. The Bertz CT molecular complexity index is 1660. The first kappa shape index (κ1) is 28.0. The van der Waals surface area contributed by atoms with Crippen LogP contribution in [0.15, 0.2) is 24.3 Å². The zero-order valence-corrected chi connectivity index (χ0v) is 25.6. The minimum absolute atomic E-state index is 0.0757. The van der Waals surface area contributed by atoms with Gasteiger partial charge in [0, 0.05) is 24.8 Å². The molecule has 1 aromatic carbocycles. The number of hydrogen-bond acceptors (Lipinski definition) is 9. The van der Waals surface area contributed by atoms with Crippen molar-refractivity contribution < 1.29 is 23.7 Å². The molecule has 2 aromatic heterocycles. The van der Waals surface area contributed by atoms with Crippen molar-refractivity contribution in [2.45, 2.75) is 82.3 Å². The number of benzene rings is 1. The number of phenolic OH excluding ortho intramolecular Hbond substituents is 1. The van der Waals surface area contributed by atoms with E-state index in [0.29, 0.717) is 49.1 Å². The number of pyridine rings is 1. The van der Waals surface area contributed by atoms with Gasteiger partial charge in [-0.25, -0.2) is 9.37 Å². The molecule has 0 radical (unpaired) electrons. The highest BCUT2D eigenvalue weighted by molar-refractivity contribution is 5.97. The monoisotopic (exact) mass is 601 g/mol. The maximum absolute atomic E-state index is 17.0. The van der Waals surface area contributed by atoms with E-state index >= 15 is 4.39 Å².